The minimum absolute atomic E-state index is 0.273. The summed E-state index contributed by atoms with van der Waals surface area (Å²) in [6, 6.07) is 15.2. The molecule has 1 aromatic carbocycles. The van der Waals surface area contributed by atoms with Gasteiger partial charge < -0.3 is 13.9 Å². The van der Waals surface area contributed by atoms with E-state index in [4.69, 9.17) is 4.42 Å². The topological polar surface area (TPSA) is 62.8 Å². The van der Waals surface area contributed by atoms with Gasteiger partial charge in [0.15, 0.2) is 5.88 Å². The van der Waals surface area contributed by atoms with Crippen LogP contribution >= 0.6 is 0 Å². The van der Waals surface area contributed by atoms with Crippen molar-refractivity contribution in [2.24, 2.45) is 5.10 Å². The molecule has 0 saturated heterocycles. The van der Waals surface area contributed by atoms with Crippen LogP contribution in [0, 0.1) is 13.8 Å². The highest BCUT2D eigenvalue weighted by Crippen LogP contribution is 2.17. The van der Waals surface area contributed by atoms with Gasteiger partial charge >= 0.3 is 0 Å². The lowest BCUT2D eigenvalue weighted by Crippen LogP contribution is -2.18. The highest BCUT2D eigenvalue weighted by Gasteiger charge is 2.09. The summed E-state index contributed by atoms with van der Waals surface area (Å²) in [5, 5.41) is 3.97. The van der Waals surface area contributed by atoms with Crippen molar-refractivity contribution < 1.29 is 9.21 Å². The largest absolute Gasteiger partial charge is 0.440 e. The van der Waals surface area contributed by atoms with E-state index in [-0.39, 0.29) is 5.91 Å². The molecular weight excluding hydrogens is 328 g/mol. The van der Waals surface area contributed by atoms with Crippen molar-refractivity contribution >= 4 is 18.0 Å². The summed E-state index contributed by atoms with van der Waals surface area (Å²) >= 11 is 0. The van der Waals surface area contributed by atoms with E-state index >= 15 is 0 Å². The molecule has 0 fully saturated rings. The number of carbonyl (C=O) groups excluding carboxylic acids is 1. The molecule has 2 aromatic heterocycles. The standard InChI is InChI=1S/C20H22N4O2/c1-14-8-9-15(2)24(14)17-7-5-6-16(12-17)20(25)22-21-13-18-10-11-19(26-18)23(3)4/h5-13H,1-4H3,(H,22,25)/b21-13-. The van der Waals surface area contributed by atoms with Crippen molar-refractivity contribution in [1.82, 2.24) is 9.99 Å². The molecule has 6 nitrogen and oxygen atoms in total. The monoisotopic (exact) mass is 350 g/mol. The molecule has 0 saturated carbocycles. The van der Waals surface area contributed by atoms with Gasteiger partial charge in [0.2, 0.25) is 0 Å². The number of benzene rings is 1. The van der Waals surface area contributed by atoms with Crippen LogP contribution < -0.4 is 10.3 Å². The number of furan rings is 1. The van der Waals surface area contributed by atoms with E-state index in [0.717, 1.165) is 23.0 Å². The van der Waals surface area contributed by atoms with Gasteiger partial charge in [-0.25, -0.2) is 5.43 Å². The summed E-state index contributed by atoms with van der Waals surface area (Å²) in [4.78, 5) is 14.2. The van der Waals surface area contributed by atoms with Gasteiger partial charge in [-0.3, -0.25) is 4.79 Å². The Labute approximate surface area is 152 Å². The second-order valence-corrected chi connectivity index (χ2v) is 6.27. The Morgan fingerprint density at radius 1 is 1.12 bits per heavy atom. The lowest BCUT2D eigenvalue weighted by atomic mass is 10.2. The third-order valence-electron chi connectivity index (χ3n) is 4.05. The smallest absolute Gasteiger partial charge is 0.271 e. The molecule has 0 aliphatic rings. The zero-order chi connectivity index (χ0) is 18.7. The Bertz CT molecular complexity index is 931. The van der Waals surface area contributed by atoms with E-state index in [1.165, 1.54) is 6.21 Å². The molecule has 0 spiro atoms. The van der Waals surface area contributed by atoms with Crippen molar-refractivity contribution in [3.8, 4) is 5.69 Å². The minimum Gasteiger partial charge on any atom is -0.440 e. The summed E-state index contributed by atoms with van der Waals surface area (Å²) in [6.07, 6.45) is 1.48. The third-order valence-corrected chi connectivity index (χ3v) is 4.05. The van der Waals surface area contributed by atoms with E-state index < -0.39 is 0 Å². The van der Waals surface area contributed by atoms with Crippen LogP contribution in [0.5, 0.6) is 0 Å². The van der Waals surface area contributed by atoms with E-state index in [0.29, 0.717) is 11.3 Å². The third kappa shape index (κ3) is 3.69. The Morgan fingerprint density at radius 3 is 2.50 bits per heavy atom. The summed E-state index contributed by atoms with van der Waals surface area (Å²) in [7, 11) is 3.78. The second kappa shape index (κ2) is 7.31. The van der Waals surface area contributed by atoms with Gasteiger partial charge in [0, 0.05) is 42.8 Å². The van der Waals surface area contributed by atoms with Crippen LogP contribution in [0.3, 0.4) is 0 Å². The highest BCUT2D eigenvalue weighted by atomic mass is 16.4. The second-order valence-electron chi connectivity index (χ2n) is 6.27. The first-order chi connectivity index (χ1) is 12.5. The van der Waals surface area contributed by atoms with Gasteiger partial charge in [0.1, 0.15) is 5.76 Å². The lowest BCUT2D eigenvalue weighted by Gasteiger charge is -2.10. The molecule has 1 N–H and O–H groups in total. The zero-order valence-electron chi connectivity index (χ0n) is 15.4. The predicted octanol–water partition coefficient (Wildman–Crippen LogP) is 3.52. The molecule has 1 amide bonds. The Kier molecular flexibility index (Phi) is 4.93. The van der Waals surface area contributed by atoms with Gasteiger partial charge in [-0.2, -0.15) is 5.10 Å². The first kappa shape index (κ1) is 17.5. The number of carbonyl (C=O) groups is 1. The molecule has 2 heterocycles. The number of aryl methyl sites for hydroxylation is 2. The number of aromatic nitrogens is 1. The highest BCUT2D eigenvalue weighted by molar-refractivity contribution is 5.95. The fourth-order valence-corrected chi connectivity index (χ4v) is 2.73. The normalized spacial score (nSPS) is 11.1. The van der Waals surface area contributed by atoms with Crippen molar-refractivity contribution in [3.05, 3.63) is 71.2 Å². The molecular formula is C20H22N4O2. The molecule has 0 radical (unpaired) electrons. The molecule has 3 rings (SSSR count). The fourth-order valence-electron chi connectivity index (χ4n) is 2.73. The lowest BCUT2D eigenvalue weighted by molar-refractivity contribution is 0.0955. The Morgan fingerprint density at radius 2 is 1.85 bits per heavy atom. The van der Waals surface area contributed by atoms with Crippen molar-refractivity contribution in [3.63, 3.8) is 0 Å². The number of hydrogen-bond donors (Lipinski definition) is 1. The average molecular weight is 350 g/mol. The van der Waals surface area contributed by atoms with E-state index in [1.54, 1.807) is 12.1 Å². The summed E-state index contributed by atoms with van der Waals surface area (Å²) < 4.78 is 7.65. The van der Waals surface area contributed by atoms with Gasteiger partial charge in [0.25, 0.3) is 5.91 Å². The van der Waals surface area contributed by atoms with Crippen LogP contribution in [0.4, 0.5) is 5.88 Å². The number of hydrogen-bond acceptors (Lipinski definition) is 4. The van der Waals surface area contributed by atoms with Gasteiger partial charge in [-0.05, 0) is 50.2 Å². The van der Waals surface area contributed by atoms with Gasteiger partial charge in [0.05, 0.1) is 6.21 Å². The van der Waals surface area contributed by atoms with Crippen molar-refractivity contribution in [2.45, 2.75) is 13.8 Å². The van der Waals surface area contributed by atoms with Crippen LogP contribution in [0.15, 0.2) is 58.0 Å². The van der Waals surface area contributed by atoms with Crippen molar-refractivity contribution in [1.29, 1.82) is 0 Å². The fraction of sp³-hybridized carbons (Fsp3) is 0.200. The number of amides is 1. The molecule has 0 unspecified atom stereocenters. The Hall–Kier alpha value is -3.28. The molecule has 0 bridgehead atoms. The van der Waals surface area contributed by atoms with E-state index in [1.807, 2.05) is 57.1 Å². The maximum Gasteiger partial charge on any atom is 0.271 e. The van der Waals surface area contributed by atoms with Crippen LogP contribution in [-0.2, 0) is 0 Å². The number of anilines is 1. The molecule has 0 atom stereocenters. The molecule has 134 valence electrons. The summed E-state index contributed by atoms with van der Waals surface area (Å²) in [5.41, 5.74) is 6.26. The number of rotatable bonds is 5. The van der Waals surface area contributed by atoms with Crippen LogP contribution in [0.25, 0.3) is 5.69 Å². The number of hydrazone groups is 1. The molecule has 3 aromatic rings. The maximum atomic E-state index is 12.4. The zero-order valence-corrected chi connectivity index (χ0v) is 15.4. The quantitative estimate of drug-likeness (QED) is 0.566. The van der Waals surface area contributed by atoms with Gasteiger partial charge in [-0.1, -0.05) is 6.07 Å². The maximum absolute atomic E-state index is 12.4. The van der Waals surface area contributed by atoms with Crippen molar-refractivity contribution in [2.75, 3.05) is 19.0 Å². The molecule has 0 aliphatic carbocycles. The first-order valence-corrected chi connectivity index (χ1v) is 8.31. The van der Waals surface area contributed by atoms with E-state index in [2.05, 4.69) is 27.2 Å². The summed E-state index contributed by atoms with van der Waals surface area (Å²) in [6.45, 7) is 4.07. The predicted molar refractivity (Wildman–Crippen MR) is 103 cm³/mol. The SMILES string of the molecule is Cc1ccc(C)n1-c1cccc(C(=O)N/N=C\c2ccc(N(C)C)o2)c1. The minimum atomic E-state index is -0.273. The molecule has 6 heteroatoms. The van der Waals surface area contributed by atoms with E-state index in [9.17, 15) is 4.79 Å². The van der Waals surface area contributed by atoms with Gasteiger partial charge in [-0.15, -0.1) is 0 Å². The number of nitrogens with one attached hydrogen (secondary N) is 1. The summed E-state index contributed by atoms with van der Waals surface area (Å²) in [5.74, 6) is 1.02. The average Bonchev–Trinajstić information content (AvgIpc) is 3.22. The van der Waals surface area contributed by atoms with Crippen LogP contribution in [-0.4, -0.2) is 30.8 Å². The molecule has 0 aliphatic heterocycles. The van der Waals surface area contributed by atoms with Crippen LogP contribution in [0.1, 0.15) is 27.5 Å². The van der Waals surface area contributed by atoms with Crippen LogP contribution in [0.2, 0.25) is 0 Å². The Balaban J connectivity index is 1.72. The molecule has 26 heavy (non-hydrogen) atoms. The number of nitrogens with zero attached hydrogens (tertiary/aromatic N) is 3. The first-order valence-electron chi connectivity index (χ1n) is 8.31.